The molecule has 1 saturated heterocycles. The molecular weight excluding hydrogens is 911 g/mol. The minimum atomic E-state index is -3.94. The molecule has 69 heavy (non-hydrogen) atoms. The lowest BCUT2D eigenvalue weighted by atomic mass is 9.84. The number of carbonyl (C=O) groups is 7. The summed E-state index contributed by atoms with van der Waals surface area (Å²) in [5.74, 6) is -4.96. The normalized spacial score (nSPS) is 18.2. The van der Waals surface area contributed by atoms with Crippen LogP contribution in [0.5, 0.6) is 5.75 Å². The van der Waals surface area contributed by atoms with Crippen LogP contribution < -0.4 is 20.1 Å². The Morgan fingerprint density at radius 2 is 1.48 bits per heavy atom. The molecule has 0 aromatic heterocycles. The Morgan fingerprint density at radius 3 is 2.01 bits per heavy atom. The van der Waals surface area contributed by atoms with Crippen molar-refractivity contribution >= 4 is 51.4 Å². The lowest BCUT2D eigenvalue weighted by molar-refractivity contribution is -0.148. The van der Waals surface area contributed by atoms with Crippen LogP contribution >= 0.6 is 0 Å². The van der Waals surface area contributed by atoms with Gasteiger partial charge in [0.2, 0.25) is 27.7 Å². The predicted octanol–water partition coefficient (Wildman–Crippen LogP) is 5.15. The number of Topliss-reactive ketones (excluding diaryl/α,β-unsaturated/α-hetero) is 2. The number of hydrogen-bond acceptors (Lipinski definition) is 13. The number of sulfonamides is 1. The largest absolute Gasteiger partial charge is 0.481 e. The Balaban J connectivity index is 1.75. The highest BCUT2D eigenvalue weighted by atomic mass is 32.2. The van der Waals surface area contributed by atoms with E-state index in [1.54, 1.807) is 43.0 Å². The van der Waals surface area contributed by atoms with Crippen LogP contribution in [0.4, 0.5) is 4.79 Å². The number of carboxylic acids is 1. The van der Waals surface area contributed by atoms with E-state index in [9.17, 15) is 42.0 Å². The molecule has 19 heteroatoms. The smallest absolute Gasteiger partial charge is 0.412 e. The summed E-state index contributed by atoms with van der Waals surface area (Å²) in [5.41, 5.74) is 0.586. The second kappa shape index (κ2) is 27.8. The molecule has 1 aromatic carbocycles. The third-order valence-corrected chi connectivity index (χ3v) is 15.5. The first-order valence-corrected chi connectivity index (χ1v) is 26.2. The Labute approximate surface area is 410 Å². The topological polar surface area (TPSA) is 244 Å². The highest BCUT2D eigenvalue weighted by molar-refractivity contribution is 7.90. The summed E-state index contributed by atoms with van der Waals surface area (Å²) in [7, 11) is 2.48. The van der Waals surface area contributed by atoms with E-state index in [1.165, 1.54) is 26.4 Å². The van der Waals surface area contributed by atoms with Crippen molar-refractivity contribution in [2.24, 2.45) is 35.5 Å². The van der Waals surface area contributed by atoms with Crippen molar-refractivity contribution in [2.75, 3.05) is 41.4 Å². The van der Waals surface area contributed by atoms with E-state index in [0.29, 0.717) is 63.6 Å². The lowest BCUT2D eigenvalue weighted by Crippen LogP contribution is -2.54. The van der Waals surface area contributed by atoms with E-state index in [2.05, 4.69) is 15.4 Å². The van der Waals surface area contributed by atoms with E-state index in [4.69, 9.17) is 19.3 Å². The number of ketones is 2. The molecule has 1 aliphatic heterocycles. The van der Waals surface area contributed by atoms with Gasteiger partial charge in [-0.25, -0.2) is 13.2 Å². The summed E-state index contributed by atoms with van der Waals surface area (Å²) in [6.07, 6.45) is 1.36. The fourth-order valence-electron chi connectivity index (χ4n) is 9.57. The zero-order valence-electron chi connectivity index (χ0n) is 42.8. The van der Waals surface area contributed by atoms with Gasteiger partial charge in [-0.05, 0) is 87.4 Å². The van der Waals surface area contributed by atoms with Crippen LogP contribution in [-0.2, 0) is 54.7 Å². The number of unbranched alkanes of at least 4 members (excludes halogenated alkanes) is 2. The van der Waals surface area contributed by atoms with Crippen molar-refractivity contribution in [1.29, 1.82) is 0 Å². The summed E-state index contributed by atoms with van der Waals surface area (Å²) in [4.78, 5) is 96.3. The summed E-state index contributed by atoms with van der Waals surface area (Å²) in [6, 6.07) is 4.91. The van der Waals surface area contributed by atoms with Gasteiger partial charge in [0.25, 0.3) is 0 Å². The number of aliphatic carboxylic acids is 1. The number of likely N-dealkylation sites (N-methyl/N-ethyl adjacent to an activating group) is 2. The Kier molecular flexibility index (Phi) is 23.7. The molecule has 4 amide bonds. The minimum Gasteiger partial charge on any atom is -0.481 e. The van der Waals surface area contributed by atoms with Crippen molar-refractivity contribution < 1.29 is 61.3 Å². The summed E-state index contributed by atoms with van der Waals surface area (Å²) in [5, 5.41) is 13.8. The van der Waals surface area contributed by atoms with Crippen molar-refractivity contribution in [3.05, 3.63) is 29.8 Å². The van der Waals surface area contributed by atoms with Gasteiger partial charge in [-0.2, -0.15) is 0 Å². The van der Waals surface area contributed by atoms with Gasteiger partial charge in [0, 0.05) is 71.4 Å². The van der Waals surface area contributed by atoms with E-state index in [1.807, 2.05) is 41.5 Å². The van der Waals surface area contributed by atoms with Gasteiger partial charge >= 0.3 is 12.1 Å². The second-order valence-corrected chi connectivity index (χ2v) is 21.9. The van der Waals surface area contributed by atoms with Crippen molar-refractivity contribution in [3.8, 4) is 5.75 Å². The molecule has 0 bridgehead atoms. The molecule has 390 valence electrons. The van der Waals surface area contributed by atoms with Crippen LogP contribution in [0.3, 0.4) is 0 Å². The number of likely N-dealkylation sites (tertiary alicyclic amines) is 1. The van der Waals surface area contributed by atoms with Gasteiger partial charge in [0.15, 0.2) is 5.78 Å². The number of amides is 4. The maximum Gasteiger partial charge on any atom is 0.412 e. The van der Waals surface area contributed by atoms with Gasteiger partial charge in [-0.15, -0.1) is 0 Å². The highest BCUT2D eigenvalue weighted by Gasteiger charge is 2.44. The van der Waals surface area contributed by atoms with Crippen molar-refractivity contribution in [3.63, 3.8) is 0 Å². The predicted molar refractivity (Wildman–Crippen MR) is 261 cm³/mol. The first kappa shape index (κ1) is 58.9. The SMILES string of the molecule is CN[C@H](C(=O)C[C@H](C(=O)N(C)[C@@H](C(C)C)[C@@H](CC(=O)N1CCC[C@H]1[C@H](OC)[C@@H](C)C(=O)C[C@@H](Cc1ccc(OC(=O)NCCCCCC(=O)O)cc1)C(=O)NS(=O)(=O)C1CC1)OC)C(C)C)C(C)C. The second-order valence-electron chi connectivity index (χ2n) is 19.9. The molecule has 4 N–H and O–H groups in total. The first-order valence-electron chi connectivity index (χ1n) is 24.6. The van der Waals surface area contributed by atoms with Crippen molar-refractivity contribution in [2.45, 2.75) is 161 Å². The molecule has 3 rings (SSSR count). The molecule has 1 aliphatic carbocycles. The quantitative estimate of drug-likeness (QED) is 0.0704. The average Bonchev–Trinajstić information content (AvgIpc) is 4.05. The molecule has 0 unspecified atom stereocenters. The molecule has 0 spiro atoms. The third kappa shape index (κ3) is 17.7. The highest BCUT2D eigenvalue weighted by Crippen LogP contribution is 2.32. The number of methoxy groups -OCH3 is 2. The molecule has 1 aromatic rings. The molecular formula is C50H81N5O13S. The molecule has 1 heterocycles. The Hall–Kier alpha value is -4.46. The van der Waals surface area contributed by atoms with Gasteiger partial charge in [-0.1, -0.05) is 67.0 Å². The molecule has 0 radical (unpaired) electrons. The number of carboxylic acid groups (broad SMARTS) is 1. The van der Waals surface area contributed by atoms with E-state index < -0.39 is 75.3 Å². The molecule has 2 aliphatic rings. The average molecular weight is 992 g/mol. The monoisotopic (exact) mass is 992 g/mol. The number of benzene rings is 1. The molecule has 8 atom stereocenters. The van der Waals surface area contributed by atoms with E-state index in [0.717, 1.165) is 0 Å². The zero-order valence-corrected chi connectivity index (χ0v) is 43.6. The van der Waals surface area contributed by atoms with Gasteiger partial charge < -0.3 is 39.8 Å². The summed E-state index contributed by atoms with van der Waals surface area (Å²) < 4.78 is 45.3. The number of ether oxygens (including phenoxy) is 3. The van der Waals surface area contributed by atoms with Crippen LogP contribution in [0.2, 0.25) is 0 Å². The Morgan fingerprint density at radius 1 is 0.826 bits per heavy atom. The number of nitrogens with one attached hydrogen (secondary N) is 3. The van der Waals surface area contributed by atoms with Crippen LogP contribution in [0.25, 0.3) is 0 Å². The number of carbonyl (C=O) groups excluding carboxylic acids is 6. The molecule has 18 nitrogen and oxygen atoms in total. The van der Waals surface area contributed by atoms with Gasteiger partial charge in [0.1, 0.15) is 11.5 Å². The third-order valence-electron chi connectivity index (χ3n) is 13.7. The number of hydrogen-bond donors (Lipinski definition) is 4. The Bertz CT molecular complexity index is 1990. The van der Waals surface area contributed by atoms with E-state index >= 15 is 0 Å². The number of rotatable bonds is 31. The fraction of sp³-hybridized carbons (Fsp3) is 0.740. The summed E-state index contributed by atoms with van der Waals surface area (Å²) >= 11 is 0. The number of nitrogens with zero attached hydrogens (tertiary/aromatic N) is 2. The summed E-state index contributed by atoms with van der Waals surface area (Å²) in [6.45, 7) is 14.1. The van der Waals surface area contributed by atoms with E-state index in [-0.39, 0.29) is 85.0 Å². The van der Waals surface area contributed by atoms with Crippen LogP contribution in [0.1, 0.15) is 125 Å². The lowest BCUT2D eigenvalue weighted by Gasteiger charge is -2.40. The van der Waals surface area contributed by atoms with Crippen molar-refractivity contribution in [1.82, 2.24) is 25.2 Å². The van der Waals surface area contributed by atoms with Crippen LogP contribution in [0, 0.1) is 35.5 Å². The first-order chi connectivity index (χ1) is 32.5. The molecule has 1 saturated carbocycles. The maximum absolute atomic E-state index is 14.4. The maximum atomic E-state index is 14.4. The van der Waals surface area contributed by atoms with Gasteiger partial charge in [-0.3, -0.25) is 33.5 Å². The van der Waals surface area contributed by atoms with Crippen LogP contribution in [-0.4, -0.2) is 142 Å². The molecule has 2 fully saturated rings. The standard InChI is InChI=1S/C50H81N5O13S/c1-30(2)38(28-41(57)45(51-8)31(3)4)49(62)54(9)46(32(5)6)42(66-10)29-43(58)55-25-15-16-39(55)47(67-11)33(7)40(56)27-35(48(61)53-69(64,65)37-22-23-37)26-34-18-20-36(21-19-34)68-50(63)52-24-14-12-13-17-44(59)60/h18-21,30-33,35,37-39,42,45-47,51H,12-17,22-29H2,1-11H3,(H,52,63)(H,53,61)(H,59,60)/t33-,35+,38-,39-,42+,45-,46-,47+/m0/s1. The van der Waals surface area contributed by atoms with Crippen LogP contribution in [0.15, 0.2) is 24.3 Å². The minimum absolute atomic E-state index is 0.00596. The fourth-order valence-corrected chi connectivity index (χ4v) is 10.9. The zero-order chi connectivity index (χ0) is 51.7. The van der Waals surface area contributed by atoms with Gasteiger partial charge in [0.05, 0.1) is 42.0 Å².